The summed E-state index contributed by atoms with van der Waals surface area (Å²) >= 11 is 0. The fourth-order valence-corrected chi connectivity index (χ4v) is 2.19. The molecule has 0 bridgehead atoms. The van der Waals surface area contributed by atoms with E-state index in [-0.39, 0.29) is 5.56 Å². The van der Waals surface area contributed by atoms with Crippen LogP contribution >= 0.6 is 0 Å². The lowest BCUT2D eigenvalue weighted by atomic mass is 10.1. The van der Waals surface area contributed by atoms with Crippen molar-refractivity contribution in [2.45, 2.75) is 0 Å². The van der Waals surface area contributed by atoms with Gasteiger partial charge in [-0.05, 0) is 24.3 Å². The minimum absolute atomic E-state index is 0.0647. The molecule has 0 amide bonds. The van der Waals surface area contributed by atoms with Crippen LogP contribution in [-0.2, 0) is 7.05 Å². The first-order valence-electron chi connectivity index (χ1n) is 5.36. The van der Waals surface area contributed by atoms with Gasteiger partial charge < -0.3 is 14.3 Å². The van der Waals surface area contributed by atoms with Crippen molar-refractivity contribution in [2.75, 3.05) is 7.11 Å². The summed E-state index contributed by atoms with van der Waals surface area (Å²) in [6.07, 6.45) is 1.89. The fourth-order valence-electron chi connectivity index (χ4n) is 2.19. The zero-order valence-corrected chi connectivity index (χ0v) is 9.65. The van der Waals surface area contributed by atoms with E-state index in [4.69, 9.17) is 4.74 Å². The zero-order valence-electron chi connectivity index (χ0n) is 9.65. The van der Waals surface area contributed by atoms with Crippen molar-refractivity contribution >= 4 is 21.8 Å². The molecule has 0 aliphatic rings. The Bertz CT molecular complexity index is 768. The molecular formula is C13H12N2O2. The van der Waals surface area contributed by atoms with Crippen molar-refractivity contribution in [1.29, 1.82) is 0 Å². The lowest BCUT2D eigenvalue weighted by Crippen LogP contribution is -2.09. The van der Waals surface area contributed by atoms with Gasteiger partial charge in [-0.2, -0.15) is 0 Å². The number of ether oxygens (including phenoxy) is 1. The first-order chi connectivity index (χ1) is 8.20. The van der Waals surface area contributed by atoms with E-state index in [0.717, 1.165) is 22.0 Å². The Hall–Kier alpha value is -2.23. The van der Waals surface area contributed by atoms with Crippen LogP contribution in [0.15, 0.2) is 35.3 Å². The van der Waals surface area contributed by atoms with Crippen molar-refractivity contribution < 1.29 is 4.74 Å². The maximum atomic E-state index is 11.9. The third kappa shape index (κ3) is 1.34. The SMILES string of the molecule is COc1ccc2[nH]c(=O)c3c(ccn3C)c2c1. The van der Waals surface area contributed by atoms with Crippen LogP contribution in [0.1, 0.15) is 0 Å². The predicted molar refractivity (Wildman–Crippen MR) is 67.6 cm³/mol. The largest absolute Gasteiger partial charge is 0.497 e. The maximum absolute atomic E-state index is 11.9. The van der Waals surface area contributed by atoms with Crippen LogP contribution in [0.2, 0.25) is 0 Å². The van der Waals surface area contributed by atoms with Crippen molar-refractivity contribution in [3.8, 4) is 5.75 Å². The molecule has 0 atom stereocenters. The topological polar surface area (TPSA) is 47.0 Å². The summed E-state index contributed by atoms with van der Waals surface area (Å²) in [6, 6.07) is 7.59. The minimum atomic E-state index is -0.0647. The molecule has 0 fully saturated rings. The lowest BCUT2D eigenvalue weighted by molar-refractivity contribution is 0.415. The highest BCUT2D eigenvalue weighted by Gasteiger charge is 2.08. The molecule has 0 saturated carbocycles. The Morgan fingerprint density at radius 1 is 1.24 bits per heavy atom. The van der Waals surface area contributed by atoms with Crippen LogP contribution in [0.25, 0.3) is 21.8 Å². The lowest BCUT2D eigenvalue weighted by Gasteiger charge is -2.04. The average Bonchev–Trinajstić information content (AvgIpc) is 2.72. The summed E-state index contributed by atoms with van der Waals surface area (Å²) in [7, 11) is 3.50. The van der Waals surface area contributed by atoms with Crippen LogP contribution in [0.5, 0.6) is 5.75 Å². The number of aromatic nitrogens is 2. The normalized spacial score (nSPS) is 11.2. The van der Waals surface area contributed by atoms with Crippen LogP contribution in [0.4, 0.5) is 0 Å². The van der Waals surface area contributed by atoms with Crippen LogP contribution in [0, 0.1) is 0 Å². The van der Waals surface area contributed by atoms with Gasteiger partial charge in [0.25, 0.3) is 5.56 Å². The van der Waals surface area contributed by atoms with Gasteiger partial charge in [0.15, 0.2) is 0 Å². The van der Waals surface area contributed by atoms with E-state index in [9.17, 15) is 4.79 Å². The van der Waals surface area contributed by atoms with Gasteiger partial charge >= 0.3 is 0 Å². The average molecular weight is 228 g/mol. The van der Waals surface area contributed by atoms with Crippen LogP contribution in [0.3, 0.4) is 0 Å². The van der Waals surface area contributed by atoms with Crippen molar-refractivity contribution in [3.05, 3.63) is 40.8 Å². The van der Waals surface area contributed by atoms with Crippen molar-refractivity contribution in [1.82, 2.24) is 9.55 Å². The summed E-state index contributed by atoms with van der Waals surface area (Å²) in [5.41, 5.74) is 1.45. The second-order valence-electron chi connectivity index (χ2n) is 4.05. The molecule has 86 valence electrons. The molecule has 2 aromatic heterocycles. The molecule has 4 heteroatoms. The molecule has 2 heterocycles. The molecule has 0 saturated heterocycles. The second kappa shape index (κ2) is 3.38. The van der Waals surface area contributed by atoms with E-state index < -0.39 is 0 Å². The van der Waals surface area contributed by atoms with E-state index in [1.165, 1.54) is 0 Å². The number of benzene rings is 1. The van der Waals surface area contributed by atoms with Crippen molar-refractivity contribution in [2.24, 2.45) is 7.05 Å². The monoisotopic (exact) mass is 228 g/mol. The number of fused-ring (bicyclic) bond motifs is 3. The molecule has 0 unspecified atom stereocenters. The molecule has 17 heavy (non-hydrogen) atoms. The number of hydrogen-bond donors (Lipinski definition) is 1. The molecule has 0 radical (unpaired) electrons. The second-order valence-corrected chi connectivity index (χ2v) is 4.05. The zero-order chi connectivity index (χ0) is 12.0. The van der Waals surface area contributed by atoms with Gasteiger partial charge in [0.1, 0.15) is 11.3 Å². The fraction of sp³-hybridized carbons (Fsp3) is 0.154. The molecule has 0 spiro atoms. The molecule has 1 N–H and O–H groups in total. The molecule has 4 nitrogen and oxygen atoms in total. The van der Waals surface area contributed by atoms with E-state index in [1.54, 1.807) is 7.11 Å². The molecule has 0 aliphatic carbocycles. The molecule has 3 aromatic rings. The molecule has 3 rings (SSSR count). The van der Waals surface area contributed by atoms with E-state index >= 15 is 0 Å². The smallest absolute Gasteiger partial charge is 0.272 e. The summed E-state index contributed by atoms with van der Waals surface area (Å²) < 4.78 is 7.04. The number of nitrogens with zero attached hydrogens (tertiary/aromatic N) is 1. The van der Waals surface area contributed by atoms with Crippen LogP contribution < -0.4 is 10.3 Å². The number of hydrogen-bond acceptors (Lipinski definition) is 2. The van der Waals surface area contributed by atoms with Gasteiger partial charge in [-0.25, -0.2) is 0 Å². The Balaban J connectivity index is 2.56. The highest BCUT2D eigenvalue weighted by atomic mass is 16.5. The Morgan fingerprint density at radius 3 is 2.82 bits per heavy atom. The number of nitrogens with one attached hydrogen (secondary N) is 1. The third-order valence-corrected chi connectivity index (χ3v) is 3.05. The first kappa shape index (κ1) is 9.96. The van der Waals surface area contributed by atoms with Gasteiger partial charge in [-0.3, -0.25) is 4.79 Å². The number of methoxy groups -OCH3 is 1. The van der Waals surface area contributed by atoms with Crippen molar-refractivity contribution in [3.63, 3.8) is 0 Å². The minimum Gasteiger partial charge on any atom is -0.497 e. The summed E-state index contributed by atoms with van der Waals surface area (Å²) in [6.45, 7) is 0. The Kier molecular flexibility index (Phi) is 1.98. The number of aryl methyl sites for hydroxylation is 1. The Morgan fingerprint density at radius 2 is 2.06 bits per heavy atom. The highest BCUT2D eigenvalue weighted by molar-refractivity contribution is 6.04. The molecule has 1 aromatic carbocycles. The molecular weight excluding hydrogens is 216 g/mol. The summed E-state index contributed by atoms with van der Waals surface area (Å²) in [4.78, 5) is 14.8. The third-order valence-electron chi connectivity index (χ3n) is 3.05. The standard InChI is InChI=1S/C13H12N2O2/c1-15-6-5-9-10-7-8(17-2)3-4-11(10)14-13(16)12(9)15/h3-7H,1-2H3,(H,14,16). The number of rotatable bonds is 1. The number of pyridine rings is 1. The van der Waals surface area contributed by atoms with E-state index in [0.29, 0.717) is 5.52 Å². The molecule has 0 aliphatic heterocycles. The first-order valence-corrected chi connectivity index (χ1v) is 5.36. The van der Waals surface area contributed by atoms with Gasteiger partial charge in [-0.15, -0.1) is 0 Å². The van der Waals surface area contributed by atoms with Crippen LogP contribution in [-0.4, -0.2) is 16.7 Å². The van der Waals surface area contributed by atoms with E-state index in [2.05, 4.69) is 4.98 Å². The highest BCUT2D eigenvalue weighted by Crippen LogP contribution is 2.25. The summed E-state index contributed by atoms with van der Waals surface area (Å²) in [5.74, 6) is 0.787. The quantitative estimate of drug-likeness (QED) is 0.692. The Labute approximate surface area is 97.4 Å². The van der Waals surface area contributed by atoms with Gasteiger partial charge in [0.2, 0.25) is 0 Å². The van der Waals surface area contributed by atoms with Gasteiger partial charge in [0, 0.05) is 29.5 Å². The van der Waals surface area contributed by atoms with Gasteiger partial charge in [0.05, 0.1) is 7.11 Å². The summed E-state index contributed by atoms with van der Waals surface area (Å²) in [5, 5.41) is 1.95. The predicted octanol–water partition coefficient (Wildman–Crippen LogP) is 2.03. The van der Waals surface area contributed by atoms with E-state index in [1.807, 2.05) is 42.1 Å². The number of aromatic amines is 1. The maximum Gasteiger partial charge on any atom is 0.272 e. The number of H-pyrrole nitrogens is 1. The van der Waals surface area contributed by atoms with Gasteiger partial charge in [-0.1, -0.05) is 0 Å².